The number of halogens is 4. The second-order valence-electron chi connectivity index (χ2n) is 11.7. The maximum absolute atomic E-state index is 14.6. The van der Waals surface area contributed by atoms with Gasteiger partial charge in [-0.1, -0.05) is 17.7 Å². The highest BCUT2D eigenvalue weighted by Gasteiger charge is 2.51. The van der Waals surface area contributed by atoms with Crippen LogP contribution in [0.4, 0.5) is 13.2 Å². The average Bonchev–Trinajstić information content (AvgIpc) is 3.57. The molecule has 1 unspecified atom stereocenters. The predicted octanol–water partition coefficient (Wildman–Crippen LogP) is 0.299. The highest BCUT2D eigenvalue weighted by atomic mass is 35.5. The minimum Gasteiger partial charge on any atom is -0.457 e. The van der Waals surface area contributed by atoms with Crippen molar-refractivity contribution < 1.29 is 72.6 Å². The third kappa shape index (κ3) is 8.33. The molecule has 2 aliphatic rings. The van der Waals surface area contributed by atoms with Crippen molar-refractivity contribution in [2.75, 3.05) is 13.2 Å². The van der Waals surface area contributed by atoms with Crippen molar-refractivity contribution in [2.45, 2.75) is 86.7 Å². The predicted molar refractivity (Wildman–Crippen MR) is 158 cm³/mol. The number of aliphatic hydroxyl groups excluding tert-OH is 7. The summed E-state index contributed by atoms with van der Waals surface area (Å²) in [6, 6.07) is 9.10. The molecule has 0 amide bonds. The first kappa shape index (κ1) is 37.3. The molecule has 0 aliphatic carbocycles. The molecule has 3 aromatic rings. The first-order chi connectivity index (χ1) is 23.1. The van der Waals surface area contributed by atoms with Gasteiger partial charge in [0.15, 0.2) is 12.6 Å². The van der Waals surface area contributed by atoms with E-state index in [4.69, 9.17) is 35.3 Å². The summed E-state index contributed by atoms with van der Waals surface area (Å²) in [5, 5.41) is 76.8. The topological polar surface area (TPSA) is 218 Å². The maximum Gasteiger partial charge on any atom is 0.416 e. The Morgan fingerprint density at radius 2 is 1.53 bits per heavy atom. The summed E-state index contributed by atoms with van der Waals surface area (Å²) in [5.74, 6) is 0.0526. The Kier molecular flexibility index (Phi) is 11.5. The van der Waals surface area contributed by atoms with Crippen LogP contribution >= 0.6 is 11.6 Å². The average molecular weight is 722 g/mol. The van der Waals surface area contributed by atoms with Crippen LogP contribution in [0.3, 0.4) is 0 Å². The molecule has 0 spiro atoms. The van der Waals surface area contributed by atoms with Gasteiger partial charge in [-0.2, -0.15) is 18.3 Å². The second-order valence-corrected chi connectivity index (χ2v) is 12.2. The number of ether oxygens (including phenoxy) is 5. The number of hydrogen-bond donors (Lipinski definition) is 7. The number of alkyl halides is 3. The fourth-order valence-corrected chi connectivity index (χ4v) is 5.74. The number of aromatic nitrogens is 3. The van der Waals surface area contributed by atoms with E-state index in [-0.39, 0.29) is 11.5 Å². The van der Waals surface area contributed by atoms with Crippen LogP contribution < -0.4 is 4.74 Å². The molecule has 0 radical (unpaired) electrons. The quantitative estimate of drug-likeness (QED) is 0.142. The lowest BCUT2D eigenvalue weighted by Gasteiger charge is -2.45. The first-order valence-corrected chi connectivity index (χ1v) is 15.3. The Morgan fingerprint density at radius 1 is 0.857 bits per heavy atom. The van der Waals surface area contributed by atoms with Gasteiger partial charge in [-0.25, -0.2) is 9.67 Å². The van der Waals surface area contributed by atoms with Crippen molar-refractivity contribution in [3.8, 4) is 11.5 Å². The van der Waals surface area contributed by atoms with E-state index in [9.17, 15) is 48.9 Å². The summed E-state index contributed by atoms with van der Waals surface area (Å²) in [7, 11) is 0. The van der Waals surface area contributed by atoms with E-state index in [2.05, 4.69) is 10.1 Å². The molecular weight excluding hydrogens is 687 g/mol. The highest BCUT2D eigenvalue weighted by Crippen LogP contribution is 2.43. The van der Waals surface area contributed by atoms with Gasteiger partial charge >= 0.3 is 6.18 Å². The third-order valence-electron chi connectivity index (χ3n) is 8.18. The Balaban J connectivity index is 1.38. The van der Waals surface area contributed by atoms with Crippen molar-refractivity contribution >= 4 is 11.6 Å². The highest BCUT2D eigenvalue weighted by molar-refractivity contribution is 6.30. The van der Waals surface area contributed by atoms with Gasteiger partial charge in [0.25, 0.3) is 0 Å². The molecule has 5 rings (SSSR count). The molecule has 1 aromatic heterocycles. The van der Waals surface area contributed by atoms with Gasteiger partial charge in [-0.3, -0.25) is 0 Å². The third-order valence-corrected chi connectivity index (χ3v) is 8.43. The van der Waals surface area contributed by atoms with Crippen molar-refractivity contribution in [2.24, 2.45) is 0 Å². The summed E-state index contributed by atoms with van der Waals surface area (Å²) >= 11 is 5.88. The van der Waals surface area contributed by atoms with Crippen LogP contribution in [0.1, 0.15) is 18.1 Å². The van der Waals surface area contributed by atoms with E-state index in [1.165, 1.54) is 48.3 Å². The van der Waals surface area contributed by atoms with Crippen LogP contribution in [-0.4, -0.2) is 125 Å². The van der Waals surface area contributed by atoms with Crippen molar-refractivity contribution in [1.29, 1.82) is 0 Å². The summed E-state index contributed by atoms with van der Waals surface area (Å²) < 4.78 is 72.7. The van der Waals surface area contributed by atoms with E-state index >= 15 is 0 Å². The smallest absolute Gasteiger partial charge is 0.416 e. The van der Waals surface area contributed by atoms with Gasteiger partial charge in [-0.05, 0) is 48.9 Å². The molecule has 2 aliphatic heterocycles. The van der Waals surface area contributed by atoms with Gasteiger partial charge in [0.05, 0.1) is 25.3 Å². The number of nitrogens with zero attached hydrogens (tertiary/aromatic N) is 3. The zero-order chi connectivity index (χ0) is 35.7. The molecule has 3 heterocycles. The molecule has 11 atom stereocenters. The Bertz CT molecular complexity index is 1520. The monoisotopic (exact) mass is 721 g/mol. The van der Waals surface area contributed by atoms with Gasteiger partial charge in [0.2, 0.25) is 0 Å². The van der Waals surface area contributed by atoms with Crippen LogP contribution in [0.2, 0.25) is 5.02 Å². The number of hydrogen-bond acceptors (Lipinski definition) is 14. The Hall–Kier alpha value is -2.98. The van der Waals surface area contributed by atoms with Crippen LogP contribution in [-0.2, 0) is 37.3 Å². The minimum atomic E-state index is -4.95. The fourth-order valence-electron chi connectivity index (χ4n) is 5.61. The maximum atomic E-state index is 14.6. The minimum absolute atomic E-state index is 0.166. The Morgan fingerprint density at radius 3 is 2.16 bits per heavy atom. The largest absolute Gasteiger partial charge is 0.457 e. The van der Waals surface area contributed by atoms with Crippen molar-refractivity contribution in [1.82, 2.24) is 14.8 Å². The van der Waals surface area contributed by atoms with Gasteiger partial charge < -0.3 is 59.4 Å². The first-order valence-electron chi connectivity index (χ1n) is 14.9. The lowest BCUT2D eigenvalue weighted by molar-refractivity contribution is -0.337. The number of aliphatic hydroxyl groups is 7. The molecule has 0 bridgehead atoms. The fraction of sp³-hybridized carbons (Fsp3) is 0.533. The molecular formula is C30H35ClF3N3O12. The molecule has 270 valence electrons. The lowest BCUT2D eigenvalue weighted by Crippen LogP contribution is -2.62. The van der Waals surface area contributed by atoms with E-state index in [1.54, 1.807) is 0 Å². The number of benzene rings is 2. The van der Waals surface area contributed by atoms with Crippen LogP contribution in [0.25, 0.3) is 0 Å². The molecule has 19 heteroatoms. The zero-order valence-electron chi connectivity index (χ0n) is 25.6. The van der Waals surface area contributed by atoms with Gasteiger partial charge in [0.1, 0.15) is 78.6 Å². The lowest BCUT2D eigenvalue weighted by atomic mass is 9.89. The van der Waals surface area contributed by atoms with Crippen molar-refractivity contribution in [3.63, 3.8) is 0 Å². The van der Waals surface area contributed by atoms with Crippen LogP contribution in [0, 0.1) is 0 Å². The zero-order valence-corrected chi connectivity index (χ0v) is 26.4. The SMILES string of the molecule is CC(Cn1cncn1)(O[C@@H]1[C@@H](O)[C@H](O)[C@@H](CO[C@H]2O[C@H](CO)[C@@H](O)[C@H](O)[C@H]2O)O[C@@H]1O)c1ccc(Oc2ccc(Cl)cc2)cc1C(F)(F)F. The molecule has 0 saturated carbocycles. The van der Waals surface area contributed by atoms with E-state index in [0.717, 1.165) is 18.5 Å². The molecule has 15 nitrogen and oxygen atoms in total. The van der Waals surface area contributed by atoms with E-state index in [0.29, 0.717) is 5.02 Å². The summed E-state index contributed by atoms with van der Waals surface area (Å²) in [6.07, 6.45) is -19.9. The summed E-state index contributed by atoms with van der Waals surface area (Å²) in [6.45, 7) is -0.540. The van der Waals surface area contributed by atoms with E-state index < -0.39 is 104 Å². The Labute approximate surface area is 281 Å². The van der Waals surface area contributed by atoms with Gasteiger partial charge in [0, 0.05) is 5.02 Å². The number of rotatable bonds is 11. The normalized spacial score (nSPS) is 32.1. The van der Waals surface area contributed by atoms with Crippen molar-refractivity contribution in [3.05, 3.63) is 71.3 Å². The molecule has 2 aromatic carbocycles. The molecule has 49 heavy (non-hydrogen) atoms. The summed E-state index contributed by atoms with van der Waals surface area (Å²) in [5.41, 5.74) is -3.64. The van der Waals surface area contributed by atoms with E-state index in [1.807, 2.05) is 0 Å². The summed E-state index contributed by atoms with van der Waals surface area (Å²) in [4.78, 5) is 3.82. The second kappa shape index (κ2) is 15.1. The van der Waals surface area contributed by atoms with Crippen LogP contribution in [0.5, 0.6) is 11.5 Å². The van der Waals surface area contributed by atoms with Crippen LogP contribution in [0.15, 0.2) is 55.1 Å². The molecule has 7 N–H and O–H groups in total. The standard InChI is InChI=1S/C30H35ClF3N3O12/c1-29(11-37-13-35-12-36-37,17-7-6-16(8-18(17)30(32,33)34)46-15-4-2-14(31)3-5-15)49-26-24(42)22(40)20(47-27(26)44)10-45-28-25(43)23(41)21(39)19(9-38)48-28/h2-8,12-13,19-28,38-44H,9-11H2,1H3/t19-,20-,21-,22-,23+,24+,25-,26-,27+,28+,29?/m1/s1. The molecule has 2 saturated heterocycles. The van der Waals surface area contributed by atoms with Gasteiger partial charge in [-0.15, -0.1) is 0 Å². The molecule has 2 fully saturated rings.